The number of aryl methyl sites for hydroxylation is 1. The van der Waals surface area contributed by atoms with E-state index in [4.69, 9.17) is 11.6 Å². The second-order valence-electron chi connectivity index (χ2n) is 5.71. The topological polar surface area (TPSA) is 81.9 Å². The van der Waals surface area contributed by atoms with Crippen LogP contribution in [0.25, 0.3) is 0 Å². The molecule has 24 heavy (non-hydrogen) atoms. The maximum atomic E-state index is 12.6. The van der Waals surface area contributed by atoms with E-state index in [0.29, 0.717) is 17.9 Å². The van der Waals surface area contributed by atoms with Gasteiger partial charge in [-0.05, 0) is 42.9 Å². The van der Waals surface area contributed by atoms with Gasteiger partial charge in [-0.2, -0.15) is 9.64 Å². The Balaban J connectivity index is 1.72. The van der Waals surface area contributed by atoms with Gasteiger partial charge in [0, 0.05) is 19.3 Å². The van der Waals surface area contributed by atoms with Crippen molar-refractivity contribution < 1.29 is 4.79 Å². The first kappa shape index (κ1) is 16.7. The molecule has 1 amide bonds. The summed E-state index contributed by atoms with van der Waals surface area (Å²) in [5.74, 6) is 0.390. The average molecular weight is 362 g/mol. The monoisotopic (exact) mass is 361 g/mol. The Kier molecular flexibility index (Phi) is 4.97. The summed E-state index contributed by atoms with van der Waals surface area (Å²) >= 11 is 7.16. The minimum atomic E-state index is -0.160. The van der Waals surface area contributed by atoms with Crippen molar-refractivity contribution in [2.75, 3.05) is 23.3 Å². The van der Waals surface area contributed by atoms with E-state index in [-0.39, 0.29) is 17.0 Å². The van der Waals surface area contributed by atoms with Crippen LogP contribution in [0.4, 0.5) is 10.8 Å². The van der Waals surface area contributed by atoms with Crippen molar-refractivity contribution in [3.05, 3.63) is 34.6 Å². The van der Waals surface area contributed by atoms with E-state index in [0.717, 1.165) is 30.0 Å². The number of hydrogen-bond donors (Lipinski definition) is 1. The van der Waals surface area contributed by atoms with E-state index in [1.807, 2.05) is 24.0 Å². The first-order valence-electron chi connectivity index (χ1n) is 7.63. The highest BCUT2D eigenvalue weighted by molar-refractivity contribution is 7.10. The Hall–Kier alpha value is -2.17. The molecule has 1 N–H and O–H groups in total. The molecular weight excluding hydrogens is 346 g/mol. The minimum Gasteiger partial charge on any atom is -0.360 e. The van der Waals surface area contributed by atoms with Gasteiger partial charge in [0.05, 0.1) is 5.92 Å². The number of amides is 1. The van der Waals surface area contributed by atoms with E-state index < -0.39 is 0 Å². The fourth-order valence-corrected chi connectivity index (χ4v) is 3.85. The van der Waals surface area contributed by atoms with Crippen LogP contribution in [-0.2, 0) is 4.79 Å². The van der Waals surface area contributed by atoms with Gasteiger partial charge in [0.25, 0.3) is 0 Å². The van der Waals surface area contributed by atoms with Crippen LogP contribution in [-0.4, -0.2) is 28.4 Å². The van der Waals surface area contributed by atoms with Crippen LogP contribution in [0.2, 0.25) is 5.15 Å². The number of nitrogens with zero attached hydrogens (tertiary/aromatic N) is 4. The summed E-state index contributed by atoms with van der Waals surface area (Å²) in [5, 5.41) is 13.1. The molecule has 1 atom stereocenters. The number of nitrogens with one attached hydrogen (secondary N) is 1. The lowest BCUT2D eigenvalue weighted by Gasteiger charge is -2.32. The van der Waals surface area contributed by atoms with Crippen molar-refractivity contribution in [2.45, 2.75) is 19.8 Å². The van der Waals surface area contributed by atoms with Crippen molar-refractivity contribution in [3.8, 4) is 6.07 Å². The molecule has 1 fully saturated rings. The van der Waals surface area contributed by atoms with Crippen molar-refractivity contribution >= 4 is 39.9 Å². The van der Waals surface area contributed by atoms with Gasteiger partial charge in [0.1, 0.15) is 22.5 Å². The van der Waals surface area contributed by atoms with Crippen LogP contribution in [0, 0.1) is 24.2 Å². The standard InChI is InChI=1S/C16H16ClN5OS/c1-10-4-2-6-19-14(10)20-15(23)11-5-3-7-22(9-11)16-12(8-18)13(17)21-24-16/h2,4,6,11H,3,5,7,9H2,1H3,(H,19,20,23). The predicted octanol–water partition coefficient (Wildman–Crippen LogP) is 3.23. The van der Waals surface area contributed by atoms with Crippen LogP contribution in [0.3, 0.4) is 0 Å². The largest absolute Gasteiger partial charge is 0.360 e. The number of halogens is 1. The smallest absolute Gasteiger partial charge is 0.230 e. The van der Waals surface area contributed by atoms with Crippen molar-refractivity contribution in [1.29, 1.82) is 5.26 Å². The van der Waals surface area contributed by atoms with Crippen molar-refractivity contribution in [2.24, 2.45) is 5.92 Å². The minimum absolute atomic E-state index is 0.0457. The molecule has 0 aromatic carbocycles. The van der Waals surface area contributed by atoms with Crippen LogP contribution < -0.4 is 10.2 Å². The molecule has 0 saturated carbocycles. The summed E-state index contributed by atoms with van der Waals surface area (Å²) in [6, 6.07) is 5.84. The second-order valence-corrected chi connectivity index (χ2v) is 6.82. The molecule has 1 aliphatic heterocycles. The zero-order valence-electron chi connectivity index (χ0n) is 13.1. The van der Waals surface area contributed by atoms with E-state index in [2.05, 4.69) is 20.7 Å². The highest BCUT2D eigenvalue weighted by Gasteiger charge is 2.29. The number of carbonyl (C=O) groups is 1. The molecule has 3 rings (SSSR count). The number of piperidine rings is 1. The summed E-state index contributed by atoms with van der Waals surface area (Å²) in [7, 11) is 0. The third-order valence-electron chi connectivity index (χ3n) is 4.07. The lowest BCUT2D eigenvalue weighted by Crippen LogP contribution is -2.40. The first-order chi connectivity index (χ1) is 11.6. The molecule has 124 valence electrons. The Morgan fingerprint density at radius 1 is 1.58 bits per heavy atom. The molecule has 6 nitrogen and oxygen atoms in total. The van der Waals surface area contributed by atoms with E-state index in [1.54, 1.807) is 6.20 Å². The lowest BCUT2D eigenvalue weighted by molar-refractivity contribution is -0.120. The Morgan fingerprint density at radius 3 is 3.17 bits per heavy atom. The third kappa shape index (κ3) is 3.35. The maximum absolute atomic E-state index is 12.6. The molecule has 8 heteroatoms. The molecule has 1 saturated heterocycles. The normalized spacial score (nSPS) is 17.4. The van der Waals surface area contributed by atoms with Crippen LogP contribution in [0.1, 0.15) is 24.0 Å². The second kappa shape index (κ2) is 7.16. The van der Waals surface area contributed by atoms with E-state index in [1.165, 1.54) is 11.5 Å². The quantitative estimate of drug-likeness (QED) is 0.907. The van der Waals surface area contributed by atoms with Gasteiger partial charge in [-0.1, -0.05) is 17.7 Å². The molecule has 1 unspecified atom stereocenters. The Labute approximate surface area is 149 Å². The highest BCUT2D eigenvalue weighted by atomic mass is 35.5. The number of hydrogen-bond acceptors (Lipinski definition) is 6. The molecular formula is C16H16ClN5OS. The SMILES string of the molecule is Cc1cccnc1NC(=O)C1CCCN(c2snc(Cl)c2C#N)C1. The fraction of sp³-hybridized carbons (Fsp3) is 0.375. The first-order valence-corrected chi connectivity index (χ1v) is 8.78. The Bertz CT molecular complexity index is 800. The fourth-order valence-electron chi connectivity index (χ4n) is 2.78. The molecule has 0 spiro atoms. The summed E-state index contributed by atoms with van der Waals surface area (Å²) < 4.78 is 4.04. The molecule has 1 aliphatic rings. The lowest BCUT2D eigenvalue weighted by atomic mass is 9.97. The zero-order valence-corrected chi connectivity index (χ0v) is 14.7. The summed E-state index contributed by atoms with van der Waals surface area (Å²) in [6.45, 7) is 3.25. The number of pyridine rings is 1. The van der Waals surface area contributed by atoms with E-state index >= 15 is 0 Å². The third-order valence-corrected chi connectivity index (χ3v) is 5.36. The number of carbonyl (C=O) groups excluding carboxylic acids is 1. The van der Waals surface area contributed by atoms with Crippen LogP contribution in [0.15, 0.2) is 18.3 Å². The number of anilines is 2. The van der Waals surface area contributed by atoms with Gasteiger partial charge < -0.3 is 10.2 Å². The van der Waals surface area contributed by atoms with Gasteiger partial charge in [-0.25, -0.2) is 4.98 Å². The van der Waals surface area contributed by atoms with Gasteiger partial charge in [0.15, 0.2) is 5.15 Å². The van der Waals surface area contributed by atoms with Crippen molar-refractivity contribution in [3.63, 3.8) is 0 Å². The van der Waals surface area contributed by atoms with Gasteiger partial charge in [-0.3, -0.25) is 4.79 Å². The van der Waals surface area contributed by atoms with Gasteiger partial charge >= 0.3 is 0 Å². The predicted molar refractivity (Wildman–Crippen MR) is 94.4 cm³/mol. The molecule has 0 radical (unpaired) electrons. The zero-order chi connectivity index (χ0) is 17.1. The summed E-state index contributed by atoms with van der Waals surface area (Å²) in [6.07, 6.45) is 3.34. The van der Waals surface area contributed by atoms with Crippen molar-refractivity contribution in [1.82, 2.24) is 9.36 Å². The molecule has 0 aliphatic carbocycles. The van der Waals surface area contributed by atoms with E-state index in [9.17, 15) is 10.1 Å². The summed E-state index contributed by atoms with van der Waals surface area (Å²) in [5.41, 5.74) is 1.32. The number of nitriles is 1. The maximum Gasteiger partial charge on any atom is 0.230 e. The molecule has 2 aromatic heterocycles. The molecule has 3 heterocycles. The van der Waals surface area contributed by atoms with Gasteiger partial charge in [0.2, 0.25) is 5.91 Å². The van der Waals surface area contributed by atoms with Crippen LogP contribution in [0.5, 0.6) is 0 Å². The summed E-state index contributed by atoms with van der Waals surface area (Å²) in [4.78, 5) is 18.8. The number of aromatic nitrogens is 2. The highest BCUT2D eigenvalue weighted by Crippen LogP contribution is 2.34. The molecule has 2 aromatic rings. The molecule has 0 bridgehead atoms. The number of rotatable bonds is 3. The van der Waals surface area contributed by atoms with Crippen LogP contribution >= 0.6 is 23.1 Å². The average Bonchev–Trinajstić information content (AvgIpc) is 2.97. The van der Waals surface area contributed by atoms with Gasteiger partial charge in [-0.15, -0.1) is 0 Å². The Morgan fingerprint density at radius 2 is 2.42 bits per heavy atom.